The SMILES string of the molecule is CNCC(=S)N[C@H]1CCSC(N[C@H](COCC#CC#CCOC[C@@H](NC(=O)[C@H]2N3C(=O)[C@@H](NC(=S)[C@H](C)NC)CCS[C@H]3CC2(C)C)c2ccccc2)c2ccccc2)(C(C)C)NC1=O. The standard InChI is InChI=1S/C48H66N8O5S4/c1-32(2)48(55-43(57)36(23-27-65-48)51-40(62)29-49-6)54-39(35-20-14-11-15-21-35)31-61-25-17-9-8-16-24-60-30-38(34-18-12-10-13-19-34)52-44(58)42-47(4,5)28-41-56(42)46(59)37(22-26-64-41)53-45(63)33(3)50-7/h10-15,18-21,32-33,36-39,41-42,49-50,54H,22-31H2,1-7H3,(H,51,62)(H,52,58)(H,53,63)(H,55,57)/t33-,36-,37-,38+,39+,41-,42+,48?/m0/s1. The number of amides is 3. The van der Waals surface area contributed by atoms with Gasteiger partial charge in [0, 0.05) is 6.54 Å². The second kappa shape index (κ2) is 25.4. The first kappa shape index (κ1) is 52.2. The van der Waals surface area contributed by atoms with E-state index in [0.717, 1.165) is 22.6 Å². The van der Waals surface area contributed by atoms with Crippen LogP contribution in [0.2, 0.25) is 0 Å². The fourth-order valence-electron chi connectivity index (χ4n) is 8.09. The largest absolute Gasteiger partial charge is 0.367 e. The molecule has 0 spiro atoms. The van der Waals surface area contributed by atoms with Crippen LogP contribution in [0.1, 0.15) is 77.1 Å². The monoisotopic (exact) mass is 962 g/mol. The van der Waals surface area contributed by atoms with Gasteiger partial charge in [0.2, 0.25) is 17.7 Å². The van der Waals surface area contributed by atoms with Crippen molar-refractivity contribution in [3.8, 4) is 23.7 Å². The molecule has 1 unspecified atom stereocenters. The number of carbonyl (C=O) groups is 3. The fourth-order valence-corrected chi connectivity index (χ4v) is 11.6. The maximum atomic E-state index is 14.3. The molecule has 0 aliphatic carbocycles. The molecule has 7 N–H and O–H groups in total. The van der Waals surface area contributed by atoms with Gasteiger partial charge in [0.15, 0.2) is 0 Å². The van der Waals surface area contributed by atoms with Crippen molar-refractivity contribution < 1.29 is 23.9 Å². The summed E-state index contributed by atoms with van der Waals surface area (Å²) < 4.78 is 12.1. The Morgan fingerprint density at radius 3 is 2.08 bits per heavy atom. The number of hydrogen-bond acceptors (Lipinski definition) is 12. The zero-order chi connectivity index (χ0) is 47.0. The lowest BCUT2D eigenvalue weighted by Gasteiger charge is -2.41. The van der Waals surface area contributed by atoms with Crippen LogP contribution < -0.4 is 37.2 Å². The van der Waals surface area contributed by atoms with Crippen molar-refractivity contribution in [2.75, 3.05) is 58.6 Å². The predicted octanol–water partition coefficient (Wildman–Crippen LogP) is 4.27. The summed E-state index contributed by atoms with van der Waals surface area (Å²) in [4.78, 5) is 44.3. The average molecular weight is 963 g/mol. The molecule has 3 aliphatic rings. The fraction of sp³-hybridized carbons (Fsp3) is 0.562. The first-order valence-electron chi connectivity index (χ1n) is 22.3. The number of nitrogens with zero attached hydrogens (tertiary/aromatic N) is 1. The molecule has 0 saturated carbocycles. The first-order chi connectivity index (χ1) is 31.2. The second-order valence-electron chi connectivity index (χ2n) is 17.4. The lowest BCUT2D eigenvalue weighted by molar-refractivity contribution is -0.142. The Labute approximate surface area is 405 Å². The summed E-state index contributed by atoms with van der Waals surface area (Å²) in [5, 5.41) is 22.8. The number of hydrogen-bond donors (Lipinski definition) is 7. The molecule has 2 aromatic rings. The summed E-state index contributed by atoms with van der Waals surface area (Å²) in [7, 11) is 3.65. The Kier molecular flexibility index (Phi) is 20.4. The van der Waals surface area contributed by atoms with Gasteiger partial charge in [0.1, 0.15) is 36.3 Å². The number of thioether (sulfide) groups is 2. The van der Waals surface area contributed by atoms with Gasteiger partial charge in [0.05, 0.1) is 46.7 Å². The highest BCUT2D eigenvalue weighted by molar-refractivity contribution is 8.00. The smallest absolute Gasteiger partial charge is 0.246 e. The third-order valence-corrected chi connectivity index (χ3v) is 15.4. The number of likely N-dealkylation sites (N-methyl/N-ethyl adjacent to an activating group) is 2. The van der Waals surface area contributed by atoms with E-state index in [-0.39, 0.29) is 60.9 Å². The normalized spacial score (nSPS) is 24.0. The quantitative estimate of drug-likeness (QED) is 0.0609. The van der Waals surface area contributed by atoms with Crippen molar-refractivity contribution >= 4 is 75.7 Å². The molecule has 3 aliphatic heterocycles. The van der Waals surface area contributed by atoms with Gasteiger partial charge in [-0.1, -0.05) is 125 Å². The Bertz CT molecular complexity index is 2060. The van der Waals surface area contributed by atoms with Gasteiger partial charge in [0.25, 0.3) is 0 Å². The van der Waals surface area contributed by atoms with E-state index in [0.29, 0.717) is 42.4 Å². The molecule has 5 rings (SSSR count). The summed E-state index contributed by atoms with van der Waals surface area (Å²) in [6, 6.07) is 17.3. The van der Waals surface area contributed by atoms with Gasteiger partial charge in [-0.05, 0) is 86.1 Å². The molecule has 3 amide bonds. The summed E-state index contributed by atoms with van der Waals surface area (Å²) >= 11 is 14.4. The molecular formula is C48H66N8O5S4. The number of fused-ring (bicyclic) bond motifs is 1. The van der Waals surface area contributed by atoms with E-state index in [1.165, 1.54) is 0 Å². The Morgan fingerprint density at radius 1 is 0.877 bits per heavy atom. The molecule has 0 bridgehead atoms. The third kappa shape index (κ3) is 14.6. The Balaban J connectivity index is 1.17. The molecule has 2 aromatic carbocycles. The van der Waals surface area contributed by atoms with E-state index in [9.17, 15) is 14.4 Å². The van der Waals surface area contributed by atoms with E-state index in [4.69, 9.17) is 33.9 Å². The minimum absolute atomic E-state index is 0.0481. The van der Waals surface area contributed by atoms with Crippen LogP contribution in [-0.2, 0) is 23.9 Å². The van der Waals surface area contributed by atoms with Crippen molar-refractivity contribution in [2.45, 2.75) is 101 Å². The van der Waals surface area contributed by atoms with E-state index >= 15 is 0 Å². The summed E-state index contributed by atoms with van der Waals surface area (Å²) in [6.45, 7) is 11.5. The first-order valence-corrected chi connectivity index (χ1v) is 25.1. The summed E-state index contributed by atoms with van der Waals surface area (Å²) in [5.74, 6) is 12.8. The molecule has 352 valence electrons. The van der Waals surface area contributed by atoms with Gasteiger partial charge < -0.3 is 46.3 Å². The van der Waals surface area contributed by atoms with E-state index in [1.807, 2.05) is 81.7 Å². The Hall–Kier alpha value is -3.75. The molecule has 0 radical (unpaired) electrons. The number of rotatable bonds is 19. The highest BCUT2D eigenvalue weighted by atomic mass is 32.2. The number of ether oxygens (including phenoxy) is 2. The predicted molar refractivity (Wildman–Crippen MR) is 271 cm³/mol. The molecule has 8 atom stereocenters. The highest BCUT2D eigenvalue weighted by Gasteiger charge is 2.54. The molecular weight excluding hydrogens is 897 g/mol. The maximum absolute atomic E-state index is 14.3. The number of carbonyl (C=O) groups excluding carboxylic acids is 3. The molecule has 13 nitrogen and oxygen atoms in total. The lowest BCUT2D eigenvalue weighted by atomic mass is 9.83. The van der Waals surface area contributed by atoms with Gasteiger partial charge in [-0.25, -0.2) is 0 Å². The van der Waals surface area contributed by atoms with Crippen LogP contribution in [0.3, 0.4) is 0 Å². The van der Waals surface area contributed by atoms with Crippen molar-refractivity contribution in [3.05, 3.63) is 71.8 Å². The van der Waals surface area contributed by atoms with Crippen molar-refractivity contribution in [2.24, 2.45) is 11.3 Å². The van der Waals surface area contributed by atoms with E-state index in [2.05, 4.69) is 88.6 Å². The van der Waals surface area contributed by atoms with Crippen molar-refractivity contribution in [1.82, 2.24) is 42.1 Å². The van der Waals surface area contributed by atoms with Gasteiger partial charge in [-0.3, -0.25) is 19.7 Å². The van der Waals surface area contributed by atoms with Gasteiger partial charge >= 0.3 is 0 Å². The number of nitrogens with one attached hydrogen (secondary N) is 7. The Morgan fingerprint density at radius 2 is 1.48 bits per heavy atom. The maximum Gasteiger partial charge on any atom is 0.246 e. The third-order valence-electron chi connectivity index (χ3n) is 11.8. The molecule has 3 fully saturated rings. The van der Waals surface area contributed by atoms with Crippen LogP contribution in [0.5, 0.6) is 0 Å². The molecule has 3 saturated heterocycles. The number of benzene rings is 2. The molecule has 3 heterocycles. The topological polar surface area (TPSA) is 157 Å². The summed E-state index contributed by atoms with van der Waals surface area (Å²) in [6.07, 6.45) is 1.97. The van der Waals surface area contributed by atoms with E-state index < -0.39 is 34.6 Å². The van der Waals surface area contributed by atoms with Crippen LogP contribution >= 0.6 is 48.0 Å². The van der Waals surface area contributed by atoms with E-state index in [1.54, 1.807) is 28.4 Å². The van der Waals surface area contributed by atoms with Gasteiger partial charge in [-0.2, -0.15) is 0 Å². The van der Waals surface area contributed by atoms with Crippen LogP contribution in [0.15, 0.2) is 60.7 Å². The molecule has 17 heteroatoms. The van der Waals surface area contributed by atoms with Crippen LogP contribution in [0.25, 0.3) is 0 Å². The zero-order valence-electron chi connectivity index (χ0n) is 38.6. The average Bonchev–Trinajstić information content (AvgIpc) is 3.35. The lowest BCUT2D eigenvalue weighted by Crippen LogP contribution is -2.63. The van der Waals surface area contributed by atoms with Crippen LogP contribution in [-0.4, -0.2) is 126 Å². The minimum atomic E-state index is -0.746. The van der Waals surface area contributed by atoms with Crippen LogP contribution in [0, 0.1) is 35.0 Å². The van der Waals surface area contributed by atoms with Crippen LogP contribution in [0.4, 0.5) is 0 Å². The molecule has 0 aromatic heterocycles. The summed E-state index contributed by atoms with van der Waals surface area (Å²) in [5.41, 5.74) is 1.45. The van der Waals surface area contributed by atoms with Crippen molar-refractivity contribution in [3.63, 3.8) is 0 Å². The second-order valence-corrected chi connectivity index (χ2v) is 21.0. The van der Waals surface area contributed by atoms with Gasteiger partial charge in [-0.15, -0.1) is 23.5 Å². The number of thiocarbonyl (C=S) groups is 2. The minimum Gasteiger partial charge on any atom is -0.367 e. The zero-order valence-corrected chi connectivity index (χ0v) is 41.9. The molecule has 65 heavy (non-hydrogen) atoms. The van der Waals surface area contributed by atoms with Crippen molar-refractivity contribution in [1.29, 1.82) is 0 Å². The highest BCUT2D eigenvalue weighted by Crippen LogP contribution is 2.46.